The van der Waals surface area contributed by atoms with Gasteiger partial charge in [-0.15, -0.1) is 0 Å². The van der Waals surface area contributed by atoms with Gasteiger partial charge in [-0.2, -0.15) is 0 Å². The van der Waals surface area contributed by atoms with E-state index >= 15 is 0 Å². The van der Waals surface area contributed by atoms with E-state index in [1.165, 1.54) is 51.4 Å². The fourth-order valence-corrected chi connectivity index (χ4v) is 5.09. The second-order valence-corrected chi connectivity index (χ2v) is 10.3. The number of nitrogens with zero attached hydrogens (tertiary/aromatic N) is 1. The first-order valence-corrected chi connectivity index (χ1v) is 14.3. The standard InChI is InChI=1S/C33H42N2O4/c1-4-5-6-7-8-9-10-11-12-13-22-35(25(3)37)30-19-15-18-28-27(30)20-21-29(32(28)38)33(39)34-31-24(2)16-14-17-26(31)23-36/h14-21,23,38H,4-13,22H2,1-3H3,(H,34,39). The van der Waals surface area contributed by atoms with Crippen LogP contribution in [0.4, 0.5) is 11.4 Å². The maximum atomic E-state index is 13.1. The molecule has 6 heteroatoms. The van der Waals surface area contributed by atoms with Crippen LogP contribution in [0.25, 0.3) is 10.8 Å². The number of amides is 2. The van der Waals surface area contributed by atoms with E-state index in [1.54, 1.807) is 61.2 Å². The Morgan fingerprint density at radius 1 is 0.846 bits per heavy atom. The Labute approximate surface area is 232 Å². The molecular weight excluding hydrogens is 488 g/mol. The van der Waals surface area contributed by atoms with Crippen molar-refractivity contribution in [2.75, 3.05) is 16.8 Å². The number of unbranched alkanes of at least 4 members (excludes halogenated alkanes) is 9. The number of rotatable bonds is 15. The minimum absolute atomic E-state index is 0.0549. The van der Waals surface area contributed by atoms with Gasteiger partial charge in [0.1, 0.15) is 5.75 Å². The quantitative estimate of drug-likeness (QED) is 0.153. The Balaban J connectivity index is 1.70. The van der Waals surface area contributed by atoms with Gasteiger partial charge in [0, 0.05) is 29.8 Å². The van der Waals surface area contributed by atoms with Crippen molar-refractivity contribution in [2.24, 2.45) is 0 Å². The Kier molecular flexibility index (Phi) is 11.5. The van der Waals surface area contributed by atoms with E-state index in [0.29, 0.717) is 34.9 Å². The van der Waals surface area contributed by atoms with Crippen LogP contribution in [0.2, 0.25) is 0 Å². The fraction of sp³-hybridized carbons (Fsp3) is 0.424. The number of hydrogen-bond donors (Lipinski definition) is 2. The van der Waals surface area contributed by atoms with E-state index in [4.69, 9.17) is 0 Å². The fourth-order valence-electron chi connectivity index (χ4n) is 5.09. The number of aryl methyl sites for hydroxylation is 1. The van der Waals surface area contributed by atoms with Gasteiger partial charge in [-0.25, -0.2) is 0 Å². The van der Waals surface area contributed by atoms with Crippen LogP contribution >= 0.6 is 0 Å². The zero-order valence-corrected chi connectivity index (χ0v) is 23.6. The van der Waals surface area contributed by atoms with Crippen molar-refractivity contribution in [1.82, 2.24) is 0 Å². The lowest BCUT2D eigenvalue weighted by Crippen LogP contribution is -2.29. The number of aromatic hydroxyl groups is 1. The van der Waals surface area contributed by atoms with Crippen LogP contribution in [0.15, 0.2) is 48.5 Å². The van der Waals surface area contributed by atoms with E-state index in [9.17, 15) is 19.5 Å². The molecule has 0 aliphatic carbocycles. The maximum Gasteiger partial charge on any atom is 0.259 e. The van der Waals surface area contributed by atoms with Crippen molar-refractivity contribution in [3.05, 3.63) is 65.2 Å². The van der Waals surface area contributed by atoms with Gasteiger partial charge < -0.3 is 15.3 Å². The highest BCUT2D eigenvalue weighted by Gasteiger charge is 2.20. The average Bonchev–Trinajstić information content (AvgIpc) is 2.92. The molecule has 0 bridgehead atoms. The lowest BCUT2D eigenvalue weighted by molar-refractivity contribution is -0.116. The predicted octanol–water partition coefficient (Wildman–Crippen LogP) is 8.19. The van der Waals surface area contributed by atoms with Crippen LogP contribution in [0.3, 0.4) is 0 Å². The number of phenols is 1. The second kappa shape index (κ2) is 15.1. The van der Waals surface area contributed by atoms with E-state index in [-0.39, 0.29) is 17.2 Å². The average molecular weight is 531 g/mol. The molecule has 3 rings (SSSR count). The summed E-state index contributed by atoms with van der Waals surface area (Å²) in [5.74, 6) is -0.720. The van der Waals surface area contributed by atoms with Crippen molar-refractivity contribution >= 4 is 40.2 Å². The summed E-state index contributed by atoms with van der Waals surface area (Å²) in [6, 6.07) is 13.9. The third kappa shape index (κ3) is 7.92. The van der Waals surface area contributed by atoms with Crippen LogP contribution in [-0.2, 0) is 4.79 Å². The van der Waals surface area contributed by atoms with E-state index in [1.807, 2.05) is 6.07 Å². The van der Waals surface area contributed by atoms with Gasteiger partial charge in [0.2, 0.25) is 5.91 Å². The van der Waals surface area contributed by atoms with Gasteiger partial charge >= 0.3 is 0 Å². The zero-order chi connectivity index (χ0) is 28.2. The highest BCUT2D eigenvalue weighted by molar-refractivity contribution is 6.13. The first-order valence-electron chi connectivity index (χ1n) is 14.3. The molecule has 39 heavy (non-hydrogen) atoms. The van der Waals surface area contributed by atoms with E-state index in [0.717, 1.165) is 24.1 Å². The molecule has 0 saturated carbocycles. The summed E-state index contributed by atoms with van der Waals surface area (Å²) in [7, 11) is 0. The monoisotopic (exact) mass is 530 g/mol. The largest absolute Gasteiger partial charge is 0.506 e. The summed E-state index contributed by atoms with van der Waals surface area (Å²) in [6.07, 6.45) is 12.9. The first kappa shape index (κ1) is 29.9. The molecule has 0 aliphatic heterocycles. The van der Waals surface area contributed by atoms with Crippen molar-refractivity contribution in [1.29, 1.82) is 0 Å². The Morgan fingerprint density at radius 2 is 1.49 bits per heavy atom. The molecule has 3 aromatic rings. The number of carbonyl (C=O) groups is 3. The van der Waals surface area contributed by atoms with E-state index in [2.05, 4.69) is 12.2 Å². The highest BCUT2D eigenvalue weighted by atomic mass is 16.3. The van der Waals surface area contributed by atoms with Gasteiger partial charge in [0.05, 0.1) is 16.9 Å². The third-order valence-electron chi connectivity index (χ3n) is 7.33. The number of benzene rings is 3. The van der Waals surface area contributed by atoms with Gasteiger partial charge in [-0.3, -0.25) is 14.4 Å². The molecule has 0 spiro atoms. The molecular formula is C33H42N2O4. The summed E-state index contributed by atoms with van der Waals surface area (Å²) in [4.78, 5) is 38.9. The molecule has 2 amide bonds. The second-order valence-electron chi connectivity index (χ2n) is 10.3. The number of phenolic OH excluding ortho intramolecular Hbond substituents is 1. The summed E-state index contributed by atoms with van der Waals surface area (Å²) in [5.41, 5.74) is 2.36. The molecule has 208 valence electrons. The zero-order valence-electron chi connectivity index (χ0n) is 23.6. The normalized spacial score (nSPS) is 10.9. The maximum absolute atomic E-state index is 13.1. The lowest BCUT2D eigenvalue weighted by atomic mass is 10.0. The van der Waals surface area contributed by atoms with Gasteiger partial charge in [-0.1, -0.05) is 95.0 Å². The summed E-state index contributed by atoms with van der Waals surface area (Å²) < 4.78 is 0. The van der Waals surface area contributed by atoms with Gasteiger partial charge in [0.25, 0.3) is 5.91 Å². The first-order chi connectivity index (χ1) is 18.9. The minimum Gasteiger partial charge on any atom is -0.506 e. The van der Waals surface area contributed by atoms with Crippen LogP contribution < -0.4 is 10.2 Å². The third-order valence-corrected chi connectivity index (χ3v) is 7.33. The Bertz CT molecular complexity index is 1280. The SMILES string of the molecule is CCCCCCCCCCCCN(C(C)=O)c1cccc2c(O)c(C(=O)Nc3c(C)cccc3C=O)ccc12. The molecule has 0 aromatic heterocycles. The van der Waals surface area contributed by atoms with Gasteiger partial charge in [0.15, 0.2) is 6.29 Å². The number of aldehydes is 1. The van der Waals surface area contributed by atoms with Crippen LogP contribution in [0, 0.1) is 6.92 Å². The van der Waals surface area contributed by atoms with E-state index < -0.39 is 5.91 Å². The molecule has 3 aromatic carbocycles. The van der Waals surface area contributed by atoms with Crippen molar-refractivity contribution in [3.8, 4) is 5.75 Å². The molecule has 0 unspecified atom stereocenters. The molecule has 0 atom stereocenters. The Hall–Kier alpha value is -3.67. The molecule has 0 aliphatic rings. The van der Waals surface area contributed by atoms with Gasteiger partial charge in [-0.05, 0) is 37.1 Å². The minimum atomic E-state index is -0.508. The number of nitrogens with one attached hydrogen (secondary N) is 1. The summed E-state index contributed by atoms with van der Waals surface area (Å²) in [5, 5.41) is 15.0. The number of para-hydroxylation sites is 1. The van der Waals surface area contributed by atoms with Crippen LogP contribution in [-0.4, -0.2) is 29.8 Å². The smallest absolute Gasteiger partial charge is 0.259 e. The molecule has 0 saturated heterocycles. The molecule has 0 radical (unpaired) electrons. The number of carbonyl (C=O) groups excluding carboxylic acids is 3. The highest BCUT2D eigenvalue weighted by Crippen LogP contribution is 2.35. The molecule has 2 N–H and O–H groups in total. The molecule has 0 fully saturated rings. The summed E-state index contributed by atoms with van der Waals surface area (Å²) >= 11 is 0. The van der Waals surface area contributed by atoms with Crippen LogP contribution in [0.1, 0.15) is 104 Å². The Morgan fingerprint density at radius 3 is 2.13 bits per heavy atom. The van der Waals surface area contributed by atoms with Crippen molar-refractivity contribution in [3.63, 3.8) is 0 Å². The van der Waals surface area contributed by atoms with Crippen LogP contribution in [0.5, 0.6) is 5.75 Å². The topological polar surface area (TPSA) is 86.7 Å². The number of hydrogen-bond acceptors (Lipinski definition) is 4. The van der Waals surface area contributed by atoms with Crippen molar-refractivity contribution < 1.29 is 19.5 Å². The number of fused-ring (bicyclic) bond motifs is 1. The lowest BCUT2D eigenvalue weighted by Gasteiger charge is -2.23. The predicted molar refractivity (Wildman–Crippen MR) is 160 cm³/mol. The van der Waals surface area contributed by atoms with Crippen molar-refractivity contribution in [2.45, 2.75) is 85.0 Å². The molecule has 0 heterocycles. The summed E-state index contributed by atoms with van der Waals surface area (Å²) in [6.45, 7) is 6.21. The molecule has 6 nitrogen and oxygen atoms in total. The number of anilines is 2.